The molecule has 0 aliphatic rings. The molecule has 1 unspecified atom stereocenters. The molecule has 1 aromatic rings. The summed E-state index contributed by atoms with van der Waals surface area (Å²) in [5.74, 6) is -1.83. The molecular weight excluding hydrogens is 250 g/mol. The van der Waals surface area contributed by atoms with Gasteiger partial charge in [-0.3, -0.25) is 9.48 Å². The number of aromatic nitrogens is 2. The zero-order chi connectivity index (χ0) is 14.6. The molecule has 7 heteroatoms. The Hall–Kier alpha value is -1.89. The lowest BCUT2D eigenvalue weighted by atomic mass is 10.1. The standard InChI is InChI=1S/C12H19N3O4/c1-4-8-6-9(15(5-2)14-8)10(16)13-7-12(3,19)11(17)18/h6,19H,4-5,7H2,1-3H3,(H,13,16)(H,17,18). The van der Waals surface area contributed by atoms with Crippen LogP contribution in [0.5, 0.6) is 0 Å². The molecule has 0 saturated carbocycles. The van der Waals surface area contributed by atoms with Gasteiger partial charge in [0.15, 0.2) is 5.60 Å². The van der Waals surface area contributed by atoms with E-state index in [-0.39, 0.29) is 6.54 Å². The van der Waals surface area contributed by atoms with E-state index in [1.54, 1.807) is 10.7 Å². The lowest BCUT2D eigenvalue weighted by Crippen LogP contribution is -2.46. The van der Waals surface area contributed by atoms with Crippen LogP contribution in [0.15, 0.2) is 6.07 Å². The van der Waals surface area contributed by atoms with E-state index >= 15 is 0 Å². The van der Waals surface area contributed by atoms with Gasteiger partial charge in [-0.15, -0.1) is 0 Å². The molecule has 1 rings (SSSR count). The van der Waals surface area contributed by atoms with E-state index in [0.29, 0.717) is 18.7 Å². The van der Waals surface area contributed by atoms with Gasteiger partial charge in [0.2, 0.25) is 0 Å². The van der Waals surface area contributed by atoms with Gasteiger partial charge < -0.3 is 15.5 Å². The Bertz CT molecular complexity index is 479. The molecule has 7 nitrogen and oxygen atoms in total. The maximum atomic E-state index is 11.9. The molecule has 0 bridgehead atoms. The summed E-state index contributed by atoms with van der Waals surface area (Å²) in [6.45, 7) is 5.09. The third kappa shape index (κ3) is 3.54. The second-order valence-electron chi connectivity index (χ2n) is 4.45. The number of carboxylic acids is 1. The molecule has 1 heterocycles. The van der Waals surface area contributed by atoms with E-state index in [0.717, 1.165) is 12.6 Å². The van der Waals surface area contributed by atoms with Gasteiger partial charge in [0.05, 0.1) is 12.2 Å². The highest BCUT2D eigenvalue weighted by Gasteiger charge is 2.30. The second kappa shape index (κ2) is 5.83. The van der Waals surface area contributed by atoms with Crippen molar-refractivity contribution in [2.75, 3.05) is 6.54 Å². The number of nitrogens with zero attached hydrogens (tertiary/aromatic N) is 2. The number of rotatable bonds is 6. The summed E-state index contributed by atoms with van der Waals surface area (Å²) >= 11 is 0. The highest BCUT2D eigenvalue weighted by atomic mass is 16.4. The number of hydrogen-bond donors (Lipinski definition) is 3. The highest BCUT2D eigenvalue weighted by Crippen LogP contribution is 2.07. The van der Waals surface area contributed by atoms with Crippen LogP contribution in [0.2, 0.25) is 0 Å². The van der Waals surface area contributed by atoms with Crippen LogP contribution in [-0.2, 0) is 17.8 Å². The van der Waals surface area contributed by atoms with Gasteiger partial charge in [0.25, 0.3) is 5.91 Å². The number of carbonyl (C=O) groups is 2. The van der Waals surface area contributed by atoms with Crippen molar-refractivity contribution < 1.29 is 19.8 Å². The van der Waals surface area contributed by atoms with Crippen molar-refractivity contribution in [2.45, 2.75) is 39.3 Å². The maximum Gasteiger partial charge on any atom is 0.337 e. The van der Waals surface area contributed by atoms with Crippen molar-refractivity contribution in [3.8, 4) is 0 Å². The van der Waals surface area contributed by atoms with Crippen molar-refractivity contribution in [2.24, 2.45) is 0 Å². The fourth-order valence-electron chi connectivity index (χ4n) is 1.49. The Morgan fingerprint density at radius 2 is 2.11 bits per heavy atom. The van der Waals surface area contributed by atoms with Crippen LogP contribution in [0.3, 0.4) is 0 Å². The van der Waals surface area contributed by atoms with Crippen LogP contribution in [0.4, 0.5) is 0 Å². The Morgan fingerprint density at radius 1 is 1.47 bits per heavy atom. The molecule has 0 saturated heterocycles. The van der Waals surface area contributed by atoms with Gasteiger partial charge in [0, 0.05) is 6.54 Å². The Kier molecular flexibility index (Phi) is 4.66. The molecule has 0 aliphatic carbocycles. The first-order valence-corrected chi connectivity index (χ1v) is 6.12. The zero-order valence-corrected chi connectivity index (χ0v) is 11.3. The van der Waals surface area contributed by atoms with E-state index in [2.05, 4.69) is 10.4 Å². The van der Waals surface area contributed by atoms with Crippen molar-refractivity contribution in [3.05, 3.63) is 17.5 Å². The maximum absolute atomic E-state index is 11.9. The molecule has 1 amide bonds. The average Bonchev–Trinajstić information content (AvgIpc) is 2.79. The SMILES string of the molecule is CCc1cc(C(=O)NCC(C)(O)C(=O)O)n(CC)n1. The molecule has 19 heavy (non-hydrogen) atoms. The smallest absolute Gasteiger partial charge is 0.337 e. The average molecular weight is 269 g/mol. The van der Waals surface area contributed by atoms with E-state index in [9.17, 15) is 14.7 Å². The van der Waals surface area contributed by atoms with E-state index in [1.165, 1.54) is 0 Å². The Labute approximate surface area is 111 Å². The fourth-order valence-corrected chi connectivity index (χ4v) is 1.49. The summed E-state index contributed by atoms with van der Waals surface area (Å²) < 4.78 is 1.55. The summed E-state index contributed by atoms with van der Waals surface area (Å²) in [4.78, 5) is 22.7. The third-order valence-corrected chi connectivity index (χ3v) is 2.78. The number of aryl methyl sites for hydroxylation is 2. The molecule has 3 N–H and O–H groups in total. The number of carbonyl (C=O) groups excluding carboxylic acids is 1. The summed E-state index contributed by atoms with van der Waals surface area (Å²) in [7, 11) is 0. The number of carboxylic acid groups (broad SMARTS) is 1. The van der Waals surface area contributed by atoms with Gasteiger partial charge >= 0.3 is 5.97 Å². The van der Waals surface area contributed by atoms with Gasteiger partial charge in [-0.05, 0) is 26.3 Å². The second-order valence-corrected chi connectivity index (χ2v) is 4.45. The number of aliphatic carboxylic acids is 1. The molecular formula is C12H19N3O4. The predicted octanol–water partition coefficient (Wildman–Crippen LogP) is 0.0308. The quantitative estimate of drug-likeness (QED) is 0.676. The minimum Gasteiger partial charge on any atom is -0.479 e. The monoisotopic (exact) mass is 269 g/mol. The summed E-state index contributed by atoms with van der Waals surface area (Å²) in [6.07, 6.45) is 0.708. The molecule has 106 valence electrons. The summed E-state index contributed by atoms with van der Waals surface area (Å²) in [6, 6.07) is 1.66. The minimum absolute atomic E-state index is 0.362. The van der Waals surface area contributed by atoms with Gasteiger partial charge in [-0.2, -0.15) is 5.10 Å². The van der Waals surface area contributed by atoms with Crippen LogP contribution in [0.1, 0.15) is 37.0 Å². The van der Waals surface area contributed by atoms with Crippen molar-refractivity contribution >= 4 is 11.9 Å². The van der Waals surface area contributed by atoms with Crippen LogP contribution >= 0.6 is 0 Å². The van der Waals surface area contributed by atoms with E-state index in [4.69, 9.17) is 5.11 Å². The predicted molar refractivity (Wildman–Crippen MR) is 67.9 cm³/mol. The van der Waals surface area contributed by atoms with Crippen LogP contribution in [0, 0.1) is 0 Å². The molecule has 0 aliphatic heterocycles. The number of nitrogens with one attached hydrogen (secondary N) is 1. The molecule has 0 radical (unpaired) electrons. The minimum atomic E-state index is -1.99. The van der Waals surface area contributed by atoms with Crippen LogP contribution in [-0.4, -0.2) is 44.0 Å². The first kappa shape index (κ1) is 15.2. The van der Waals surface area contributed by atoms with Crippen LogP contribution < -0.4 is 5.32 Å². The van der Waals surface area contributed by atoms with Crippen molar-refractivity contribution in [3.63, 3.8) is 0 Å². The number of amides is 1. The largest absolute Gasteiger partial charge is 0.479 e. The highest BCUT2D eigenvalue weighted by molar-refractivity contribution is 5.93. The molecule has 0 spiro atoms. The van der Waals surface area contributed by atoms with Crippen molar-refractivity contribution in [1.29, 1.82) is 0 Å². The normalized spacial score (nSPS) is 13.9. The first-order valence-electron chi connectivity index (χ1n) is 6.12. The van der Waals surface area contributed by atoms with Crippen LogP contribution in [0.25, 0.3) is 0 Å². The van der Waals surface area contributed by atoms with Gasteiger partial charge in [-0.25, -0.2) is 4.79 Å². The van der Waals surface area contributed by atoms with Gasteiger partial charge in [0.1, 0.15) is 5.69 Å². The molecule has 0 aromatic carbocycles. The van der Waals surface area contributed by atoms with E-state index < -0.39 is 17.5 Å². The molecule has 1 atom stereocenters. The lowest BCUT2D eigenvalue weighted by molar-refractivity contribution is -0.155. The fraction of sp³-hybridized carbons (Fsp3) is 0.583. The number of hydrogen-bond acceptors (Lipinski definition) is 4. The first-order chi connectivity index (χ1) is 8.81. The van der Waals surface area contributed by atoms with Crippen molar-refractivity contribution in [1.82, 2.24) is 15.1 Å². The Balaban J connectivity index is 2.78. The topological polar surface area (TPSA) is 104 Å². The van der Waals surface area contributed by atoms with Gasteiger partial charge in [-0.1, -0.05) is 6.92 Å². The van der Waals surface area contributed by atoms with E-state index in [1.807, 2.05) is 13.8 Å². The molecule has 0 fully saturated rings. The summed E-state index contributed by atoms with van der Waals surface area (Å²) in [5, 5.41) is 24.9. The Morgan fingerprint density at radius 3 is 2.58 bits per heavy atom. The lowest BCUT2D eigenvalue weighted by Gasteiger charge is -2.18. The molecule has 1 aromatic heterocycles. The summed E-state index contributed by atoms with van der Waals surface area (Å²) in [5.41, 5.74) is -0.835. The zero-order valence-electron chi connectivity index (χ0n) is 11.3. The number of aliphatic hydroxyl groups is 1. The third-order valence-electron chi connectivity index (χ3n) is 2.78.